The number of nitrogens with zero attached hydrogens (tertiary/aromatic N) is 3. The topological polar surface area (TPSA) is 130 Å². The van der Waals surface area contributed by atoms with E-state index in [2.05, 4.69) is 20.9 Å². The summed E-state index contributed by atoms with van der Waals surface area (Å²) in [6.45, 7) is 0. The van der Waals surface area contributed by atoms with Gasteiger partial charge in [0.15, 0.2) is 15.3 Å². The van der Waals surface area contributed by atoms with Crippen LogP contribution in [0.15, 0.2) is 82.8 Å². The molecule has 4 aliphatic rings. The molecule has 244 valence electrons. The van der Waals surface area contributed by atoms with Gasteiger partial charge in [0.1, 0.15) is 17.0 Å². The number of phenols is 1. The molecule has 1 N–H and O–H groups in total. The Hall–Kier alpha value is -4.19. The minimum absolute atomic E-state index is 0.148. The maximum absolute atomic E-state index is 14.4. The van der Waals surface area contributed by atoms with E-state index in [1.165, 1.54) is 18.1 Å². The highest BCUT2D eigenvalue weighted by molar-refractivity contribution is 9.09. The molecule has 2 aliphatic carbocycles. The van der Waals surface area contributed by atoms with E-state index in [1.807, 2.05) is 30.3 Å². The third-order valence-corrected chi connectivity index (χ3v) is 12.1. The Labute approximate surface area is 292 Å². The highest BCUT2D eigenvalue weighted by atomic mass is 79.9. The number of methoxy groups -OCH3 is 1. The van der Waals surface area contributed by atoms with Gasteiger partial charge in [-0.3, -0.25) is 29.0 Å². The first-order valence-electron chi connectivity index (χ1n) is 15.2. The number of para-hydroxylation sites is 2. The van der Waals surface area contributed by atoms with Crippen LogP contribution < -0.4 is 9.64 Å². The molecule has 10 nitrogen and oxygen atoms in total. The van der Waals surface area contributed by atoms with Gasteiger partial charge in [0.05, 0.1) is 30.1 Å². The van der Waals surface area contributed by atoms with Crippen LogP contribution in [-0.4, -0.2) is 60.9 Å². The fraction of sp³-hybridized carbons (Fsp3) is 0.286. The van der Waals surface area contributed by atoms with Gasteiger partial charge < -0.3 is 14.3 Å². The molecule has 2 saturated heterocycles. The number of hydrogen-bond acceptors (Lipinski definition) is 8. The molecule has 6 unspecified atom stereocenters. The Morgan fingerprint density at radius 1 is 1.00 bits per heavy atom. The van der Waals surface area contributed by atoms with E-state index >= 15 is 0 Å². The van der Waals surface area contributed by atoms with Crippen LogP contribution in [0.25, 0.3) is 22.6 Å². The van der Waals surface area contributed by atoms with Gasteiger partial charge in [-0.1, -0.05) is 39.7 Å². The van der Waals surface area contributed by atoms with Gasteiger partial charge in [-0.25, -0.2) is 4.98 Å². The van der Waals surface area contributed by atoms with Gasteiger partial charge in [0.25, 0.3) is 11.8 Å². The summed E-state index contributed by atoms with van der Waals surface area (Å²) in [6.07, 6.45) is 1.84. The molecular weight excluding hydrogens is 725 g/mol. The Balaban J connectivity index is 1.20. The number of benzene rings is 3. The van der Waals surface area contributed by atoms with Crippen molar-refractivity contribution in [3.05, 3.63) is 83.9 Å². The fourth-order valence-corrected chi connectivity index (χ4v) is 9.41. The highest BCUT2D eigenvalue weighted by Gasteiger charge is 2.76. The summed E-state index contributed by atoms with van der Waals surface area (Å²) in [5.74, 6) is -5.11. The summed E-state index contributed by atoms with van der Waals surface area (Å²) < 4.78 is 11.3. The molecule has 3 aromatic carbocycles. The van der Waals surface area contributed by atoms with Crippen LogP contribution in [0.5, 0.6) is 11.5 Å². The molecule has 4 aromatic rings. The number of hydrogen-bond donors (Lipinski definition) is 1. The first-order chi connectivity index (χ1) is 23.0. The number of aromatic nitrogens is 1. The maximum Gasteiger partial charge on any atom is 0.254 e. The number of carbonyl (C=O) groups is 4. The lowest BCUT2D eigenvalue weighted by Crippen LogP contribution is -2.60. The minimum Gasteiger partial charge on any atom is -0.508 e. The number of halogens is 3. The molecule has 2 aliphatic heterocycles. The van der Waals surface area contributed by atoms with Crippen molar-refractivity contribution < 1.29 is 33.4 Å². The molecule has 4 amide bonds. The summed E-state index contributed by atoms with van der Waals surface area (Å²) in [5.41, 5.74) is 3.05. The number of ether oxygens (including phenoxy) is 1. The minimum atomic E-state index is -2.04. The Bertz CT molecular complexity index is 2070. The Morgan fingerprint density at radius 3 is 2.46 bits per heavy atom. The summed E-state index contributed by atoms with van der Waals surface area (Å²) in [6, 6.07) is 18.7. The van der Waals surface area contributed by atoms with Crippen LogP contribution in [0.2, 0.25) is 0 Å². The number of imide groups is 2. The number of aromatic hydroxyl groups is 1. The maximum atomic E-state index is 14.4. The van der Waals surface area contributed by atoms with Crippen molar-refractivity contribution in [2.75, 3.05) is 17.5 Å². The molecule has 8 rings (SSSR count). The lowest BCUT2D eigenvalue weighted by molar-refractivity contribution is -0.138. The van der Waals surface area contributed by atoms with E-state index in [1.54, 1.807) is 36.4 Å². The predicted octanol–water partition coefficient (Wildman–Crippen LogP) is 6.12. The van der Waals surface area contributed by atoms with Crippen LogP contribution in [0, 0.1) is 17.8 Å². The van der Waals surface area contributed by atoms with Crippen molar-refractivity contribution in [1.29, 1.82) is 0 Å². The number of rotatable bonds is 5. The molecule has 6 atom stereocenters. The summed E-state index contributed by atoms with van der Waals surface area (Å²) >= 11 is 17.8. The van der Waals surface area contributed by atoms with Crippen LogP contribution in [0.1, 0.15) is 24.3 Å². The van der Waals surface area contributed by atoms with Crippen LogP contribution >= 0.6 is 39.1 Å². The van der Waals surface area contributed by atoms with Gasteiger partial charge in [-0.2, -0.15) is 0 Å². The van der Waals surface area contributed by atoms with Gasteiger partial charge in [-0.05, 0) is 73.4 Å². The molecule has 1 saturated carbocycles. The van der Waals surface area contributed by atoms with Gasteiger partial charge in [0, 0.05) is 17.0 Å². The van der Waals surface area contributed by atoms with E-state index in [0.29, 0.717) is 39.6 Å². The van der Waals surface area contributed by atoms with E-state index in [0.717, 1.165) is 4.90 Å². The molecule has 0 spiro atoms. The van der Waals surface area contributed by atoms with E-state index in [-0.39, 0.29) is 35.5 Å². The summed E-state index contributed by atoms with van der Waals surface area (Å²) in [5, 5.41) is 11.1. The lowest BCUT2D eigenvalue weighted by Gasteiger charge is -2.50. The highest BCUT2D eigenvalue weighted by Crippen LogP contribution is 2.66. The summed E-state index contributed by atoms with van der Waals surface area (Å²) in [7, 11) is 1.46. The van der Waals surface area contributed by atoms with Crippen molar-refractivity contribution in [3.63, 3.8) is 0 Å². The third-order valence-electron chi connectivity index (χ3n) is 10.2. The standard InChI is InChI=1S/C35H26BrCl2N3O7/c1-47-19-10-13-25(42)22(14-19)28-20-11-12-21-27(23(20)15-34(37)32(45)40(16-36)33(46)35(28,34)38)31(44)41(30(21)43)18-8-6-17(7-9-18)29-39-24-4-2-3-5-26(24)48-29/h2-11,13-14,21,23,27-28,42H,12,15-16H2,1H3. The monoisotopic (exact) mass is 749 g/mol. The second-order valence-electron chi connectivity index (χ2n) is 12.5. The summed E-state index contributed by atoms with van der Waals surface area (Å²) in [4.78, 5) is 58.8. The van der Waals surface area contributed by atoms with E-state index in [4.69, 9.17) is 32.4 Å². The normalized spacial score (nSPS) is 29.6. The van der Waals surface area contributed by atoms with Crippen LogP contribution in [-0.2, 0) is 19.2 Å². The lowest BCUT2D eigenvalue weighted by atomic mass is 9.56. The molecule has 0 bridgehead atoms. The predicted molar refractivity (Wildman–Crippen MR) is 180 cm³/mol. The number of anilines is 1. The van der Waals surface area contributed by atoms with Crippen molar-refractivity contribution in [3.8, 4) is 23.0 Å². The number of allylic oxidation sites excluding steroid dienone is 2. The number of oxazole rings is 1. The molecule has 13 heteroatoms. The number of amides is 4. The van der Waals surface area contributed by atoms with Gasteiger partial charge in [-0.15, -0.1) is 23.2 Å². The fourth-order valence-electron chi connectivity index (χ4n) is 7.99. The van der Waals surface area contributed by atoms with Crippen molar-refractivity contribution in [2.24, 2.45) is 17.8 Å². The molecule has 3 fully saturated rings. The molecule has 1 aromatic heterocycles. The number of fused-ring (bicyclic) bond motifs is 5. The van der Waals surface area contributed by atoms with Crippen molar-refractivity contribution >= 4 is 79.5 Å². The zero-order valence-electron chi connectivity index (χ0n) is 25.2. The smallest absolute Gasteiger partial charge is 0.254 e. The zero-order chi connectivity index (χ0) is 33.7. The Morgan fingerprint density at radius 2 is 1.75 bits per heavy atom. The van der Waals surface area contributed by atoms with Gasteiger partial charge >= 0.3 is 0 Å². The first kappa shape index (κ1) is 31.1. The molecule has 48 heavy (non-hydrogen) atoms. The average molecular weight is 751 g/mol. The number of alkyl halides is 3. The number of phenolic OH excluding ortho intramolecular Hbond substituents is 1. The number of likely N-dealkylation sites (tertiary alicyclic amines) is 1. The first-order valence-corrected chi connectivity index (χ1v) is 17.1. The Kier molecular flexibility index (Phi) is 7.07. The van der Waals surface area contributed by atoms with E-state index < -0.39 is 51.1 Å². The second kappa shape index (κ2) is 10.9. The van der Waals surface area contributed by atoms with E-state index in [9.17, 15) is 24.3 Å². The van der Waals surface area contributed by atoms with Gasteiger partial charge in [0.2, 0.25) is 17.7 Å². The second-order valence-corrected chi connectivity index (χ2v) is 14.2. The molecule has 0 radical (unpaired) electrons. The zero-order valence-corrected chi connectivity index (χ0v) is 28.3. The quantitative estimate of drug-likeness (QED) is 0.112. The third kappa shape index (κ3) is 4.07. The van der Waals surface area contributed by atoms with Crippen LogP contribution in [0.3, 0.4) is 0 Å². The number of carbonyl (C=O) groups excluding carboxylic acids is 4. The van der Waals surface area contributed by atoms with Crippen molar-refractivity contribution in [1.82, 2.24) is 9.88 Å². The van der Waals surface area contributed by atoms with Crippen molar-refractivity contribution in [2.45, 2.75) is 28.5 Å². The molecule has 3 heterocycles. The molecular formula is C35H26BrCl2N3O7. The largest absolute Gasteiger partial charge is 0.508 e. The SMILES string of the molecule is COc1ccc(O)c(C2C3=CCC4C(=O)N(c5ccc(-c6nc7ccccc7o6)cc5)C(=O)C4C3CC3(Cl)C(=O)N(CBr)C(=O)C23Cl)c1. The average Bonchev–Trinajstić information content (AvgIpc) is 3.68. The van der Waals surface area contributed by atoms with Crippen LogP contribution in [0.4, 0.5) is 5.69 Å².